The van der Waals surface area contributed by atoms with E-state index in [9.17, 15) is 4.79 Å². The second-order valence-electron chi connectivity index (χ2n) is 3.14. The third kappa shape index (κ3) is 3.96. The Morgan fingerprint density at radius 1 is 1.67 bits per heavy atom. The van der Waals surface area contributed by atoms with Crippen molar-refractivity contribution in [2.75, 3.05) is 0 Å². The van der Waals surface area contributed by atoms with Gasteiger partial charge in [0, 0.05) is 10.1 Å². The van der Waals surface area contributed by atoms with Crippen molar-refractivity contribution in [2.45, 2.75) is 19.6 Å². The van der Waals surface area contributed by atoms with Crippen LogP contribution in [0.5, 0.6) is 0 Å². The van der Waals surface area contributed by atoms with E-state index in [1.807, 2.05) is 12.1 Å². The average Bonchev–Trinajstić information content (AvgIpc) is 2.19. The first-order valence-electron chi connectivity index (χ1n) is 4.40. The van der Waals surface area contributed by atoms with Gasteiger partial charge in [-0.1, -0.05) is 17.7 Å². The minimum atomic E-state index is -0.982. The first-order valence-corrected chi connectivity index (χ1v) is 5.86. The molecule has 2 N–H and O–H groups in total. The molecule has 0 heterocycles. The number of rotatable bonds is 3. The molecule has 0 saturated heterocycles. The molecule has 1 unspecified atom stereocenters. The maximum Gasteiger partial charge on any atom is 0.248 e. The molecule has 0 aromatic heterocycles. The van der Waals surface area contributed by atoms with Crippen molar-refractivity contribution in [3.8, 4) is 0 Å². The summed E-state index contributed by atoms with van der Waals surface area (Å²) >= 11 is 8.06. The molecule has 0 radical (unpaired) electrons. The molecule has 0 spiro atoms. The molecule has 5 heteroatoms. The van der Waals surface area contributed by atoms with Crippen molar-refractivity contribution in [3.05, 3.63) is 32.4 Å². The molecule has 0 aliphatic heterocycles. The highest BCUT2D eigenvalue weighted by atomic mass is 127. The van der Waals surface area contributed by atoms with Gasteiger partial charge in [0.2, 0.25) is 5.91 Å². The second-order valence-corrected chi connectivity index (χ2v) is 4.71. The predicted octanol–water partition coefficient (Wildman–Crippen LogP) is 1.94. The minimum absolute atomic E-state index is 0.375. The van der Waals surface area contributed by atoms with E-state index < -0.39 is 6.10 Å². The van der Waals surface area contributed by atoms with E-state index >= 15 is 0 Å². The third-order valence-electron chi connectivity index (χ3n) is 1.83. The van der Waals surface area contributed by atoms with Crippen LogP contribution in [0, 0.1) is 3.57 Å². The number of hydrogen-bond acceptors (Lipinski definition) is 2. The lowest BCUT2D eigenvalue weighted by atomic mass is 10.2. The molecule has 1 aromatic rings. The highest BCUT2D eigenvalue weighted by Crippen LogP contribution is 2.19. The summed E-state index contributed by atoms with van der Waals surface area (Å²) in [7, 11) is 0. The van der Waals surface area contributed by atoms with Crippen LogP contribution in [-0.4, -0.2) is 17.1 Å². The van der Waals surface area contributed by atoms with E-state index in [0.29, 0.717) is 11.6 Å². The molecule has 1 rings (SSSR count). The van der Waals surface area contributed by atoms with E-state index in [1.165, 1.54) is 6.92 Å². The molecule has 15 heavy (non-hydrogen) atoms. The van der Waals surface area contributed by atoms with E-state index in [-0.39, 0.29) is 5.91 Å². The molecule has 82 valence electrons. The van der Waals surface area contributed by atoms with Crippen LogP contribution in [0.3, 0.4) is 0 Å². The number of aliphatic hydroxyl groups excluding tert-OH is 1. The molecule has 1 atom stereocenters. The van der Waals surface area contributed by atoms with Gasteiger partial charge in [0.1, 0.15) is 6.10 Å². The summed E-state index contributed by atoms with van der Waals surface area (Å²) in [5, 5.41) is 12.2. The SMILES string of the molecule is CC(O)C(=O)NCc1ccc(I)c(Cl)c1. The number of carbonyl (C=O) groups is 1. The van der Waals surface area contributed by atoms with E-state index in [0.717, 1.165) is 9.13 Å². The van der Waals surface area contributed by atoms with Crippen LogP contribution >= 0.6 is 34.2 Å². The van der Waals surface area contributed by atoms with Crippen LogP contribution in [0.1, 0.15) is 12.5 Å². The summed E-state index contributed by atoms with van der Waals surface area (Å²) in [6, 6.07) is 5.56. The van der Waals surface area contributed by atoms with Crippen molar-refractivity contribution >= 4 is 40.1 Å². The quantitative estimate of drug-likeness (QED) is 0.827. The third-order valence-corrected chi connectivity index (χ3v) is 3.40. The molecule has 0 fully saturated rings. The van der Waals surface area contributed by atoms with Gasteiger partial charge in [-0.15, -0.1) is 0 Å². The van der Waals surface area contributed by atoms with Crippen molar-refractivity contribution in [2.24, 2.45) is 0 Å². The van der Waals surface area contributed by atoms with E-state index in [2.05, 4.69) is 27.9 Å². The Kier molecular flexibility index (Phi) is 4.82. The fourth-order valence-corrected chi connectivity index (χ4v) is 1.53. The largest absolute Gasteiger partial charge is 0.384 e. The number of amides is 1. The normalized spacial score (nSPS) is 12.3. The molecule has 0 aliphatic rings. The Bertz CT molecular complexity index is 368. The van der Waals surface area contributed by atoms with E-state index in [1.54, 1.807) is 6.07 Å². The summed E-state index contributed by atoms with van der Waals surface area (Å²) in [5.41, 5.74) is 0.911. The van der Waals surface area contributed by atoms with Gasteiger partial charge < -0.3 is 10.4 Å². The fraction of sp³-hybridized carbons (Fsp3) is 0.300. The fourth-order valence-electron chi connectivity index (χ4n) is 0.986. The lowest BCUT2D eigenvalue weighted by molar-refractivity contribution is -0.128. The highest BCUT2D eigenvalue weighted by molar-refractivity contribution is 14.1. The summed E-state index contributed by atoms with van der Waals surface area (Å²) in [6.45, 7) is 1.80. The smallest absolute Gasteiger partial charge is 0.248 e. The van der Waals surface area contributed by atoms with Gasteiger partial charge in [-0.25, -0.2) is 0 Å². The Morgan fingerprint density at radius 2 is 2.33 bits per heavy atom. The maximum atomic E-state index is 11.1. The zero-order valence-corrected chi connectivity index (χ0v) is 11.0. The number of benzene rings is 1. The Balaban J connectivity index is 2.58. The molecule has 1 amide bonds. The minimum Gasteiger partial charge on any atom is -0.384 e. The zero-order chi connectivity index (χ0) is 11.4. The van der Waals surface area contributed by atoms with Crippen LogP contribution in [0.25, 0.3) is 0 Å². The first-order chi connectivity index (χ1) is 7.00. The highest BCUT2D eigenvalue weighted by Gasteiger charge is 2.07. The molecular formula is C10H11ClINO2. The monoisotopic (exact) mass is 339 g/mol. The Morgan fingerprint density at radius 3 is 2.87 bits per heavy atom. The average molecular weight is 340 g/mol. The molecule has 0 aliphatic carbocycles. The first kappa shape index (κ1) is 12.7. The standard InChI is InChI=1S/C10H11ClINO2/c1-6(14)10(15)13-5-7-2-3-9(12)8(11)4-7/h2-4,6,14H,5H2,1H3,(H,13,15). The van der Waals surface area contributed by atoms with Gasteiger partial charge in [-0.05, 0) is 47.2 Å². The predicted molar refractivity (Wildman–Crippen MR) is 67.7 cm³/mol. The molecule has 3 nitrogen and oxygen atoms in total. The van der Waals surface area contributed by atoms with Gasteiger partial charge in [0.25, 0.3) is 0 Å². The van der Waals surface area contributed by atoms with Crippen LogP contribution < -0.4 is 5.32 Å². The number of carbonyl (C=O) groups excluding carboxylic acids is 1. The van der Waals surface area contributed by atoms with Crippen LogP contribution in [0.15, 0.2) is 18.2 Å². The number of nitrogens with one attached hydrogen (secondary N) is 1. The number of aliphatic hydroxyl groups is 1. The molecular weight excluding hydrogens is 328 g/mol. The lowest BCUT2D eigenvalue weighted by Gasteiger charge is -2.07. The summed E-state index contributed by atoms with van der Waals surface area (Å²) in [5.74, 6) is -0.385. The molecule has 0 saturated carbocycles. The maximum absolute atomic E-state index is 11.1. The topological polar surface area (TPSA) is 49.3 Å². The number of halogens is 2. The molecule has 1 aromatic carbocycles. The van der Waals surface area contributed by atoms with Crippen molar-refractivity contribution in [1.29, 1.82) is 0 Å². The van der Waals surface area contributed by atoms with Crippen molar-refractivity contribution in [3.63, 3.8) is 0 Å². The van der Waals surface area contributed by atoms with Gasteiger partial charge in [0.15, 0.2) is 0 Å². The Labute approximate surface area is 107 Å². The van der Waals surface area contributed by atoms with E-state index in [4.69, 9.17) is 16.7 Å². The zero-order valence-electron chi connectivity index (χ0n) is 8.13. The summed E-state index contributed by atoms with van der Waals surface area (Å²) < 4.78 is 0.972. The van der Waals surface area contributed by atoms with Gasteiger partial charge >= 0.3 is 0 Å². The van der Waals surface area contributed by atoms with Gasteiger partial charge in [0.05, 0.1) is 5.02 Å². The van der Waals surface area contributed by atoms with Crippen LogP contribution in [0.4, 0.5) is 0 Å². The number of hydrogen-bond donors (Lipinski definition) is 2. The lowest BCUT2D eigenvalue weighted by Crippen LogP contribution is -2.31. The van der Waals surface area contributed by atoms with Crippen molar-refractivity contribution < 1.29 is 9.90 Å². The van der Waals surface area contributed by atoms with Crippen molar-refractivity contribution in [1.82, 2.24) is 5.32 Å². The van der Waals surface area contributed by atoms with Gasteiger partial charge in [-0.3, -0.25) is 4.79 Å². The molecule has 0 bridgehead atoms. The second kappa shape index (κ2) is 5.67. The van der Waals surface area contributed by atoms with Crippen LogP contribution in [-0.2, 0) is 11.3 Å². The Hall–Kier alpha value is -0.330. The van der Waals surface area contributed by atoms with Crippen LogP contribution in [0.2, 0.25) is 5.02 Å². The summed E-state index contributed by atoms with van der Waals surface area (Å²) in [6.07, 6.45) is -0.982. The van der Waals surface area contributed by atoms with Gasteiger partial charge in [-0.2, -0.15) is 0 Å². The summed E-state index contributed by atoms with van der Waals surface area (Å²) in [4.78, 5) is 11.1.